The first-order valence-electron chi connectivity index (χ1n) is 9.58. The number of hydrogen-bond donors (Lipinski definition) is 1. The number of ketones is 2. The lowest BCUT2D eigenvalue weighted by atomic mass is 9.53. The van der Waals surface area contributed by atoms with Crippen molar-refractivity contribution >= 4 is 11.6 Å². The first-order chi connectivity index (χ1) is 10.9. The summed E-state index contributed by atoms with van der Waals surface area (Å²) >= 11 is 0. The van der Waals surface area contributed by atoms with Crippen molar-refractivity contribution in [2.24, 2.45) is 35.0 Å². The van der Waals surface area contributed by atoms with Crippen LogP contribution in [-0.2, 0) is 9.59 Å². The van der Waals surface area contributed by atoms with Crippen LogP contribution in [0.25, 0.3) is 0 Å². The van der Waals surface area contributed by atoms with E-state index in [9.17, 15) is 14.7 Å². The molecule has 0 spiro atoms. The van der Waals surface area contributed by atoms with E-state index in [0.29, 0.717) is 42.3 Å². The molecular weight excluding hydrogens is 288 g/mol. The smallest absolute Gasteiger partial charge is 0.136 e. The highest BCUT2D eigenvalue weighted by atomic mass is 16.3. The van der Waals surface area contributed by atoms with Crippen LogP contribution < -0.4 is 0 Å². The van der Waals surface area contributed by atoms with Gasteiger partial charge in [0, 0.05) is 18.8 Å². The van der Waals surface area contributed by atoms with E-state index in [1.165, 1.54) is 0 Å². The van der Waals surface area contributed by atoms with Gasteiger partial charge in [-0.1, -0.05) is 20.3 Å². The van der Waals surface area contributed by atoms with Crippen molar-refractivity contribution in [3.63, 3.8) is 0 Å². The Morgan fingerprint density at radius 1 is 1.30 bits per heavy atom. The highest BCUT2D eigenvalue weighted by Gasteiger charge is 2.58. The maximum absolute atomic E-state index is 12.5. The molecule has 0 aromatic carbocycles. The molecule has 0 bridgehead atoms. The first-order valence-corrected chi connectivity index (χ1v) is 9.58. The largest absolute Gasteiger partial charge is 0.392 e. The number of rotatable bonds is 4. The van der Waals surface area contributed by atoms with Crippen molar-refractivity contribution in [3.05, 3.63) is 0 Å². The van der Waals surface area contributed by atoms with Gasteiger partial charge < -0.3 is 9.90 Å². The summed E-state index contributed by atoms with van der Waals surface area (Å²) < 4.78 is 0. The predicted octanol–water partition coefficient (Wildman–Crippen LogP) is 3.77. The minimum atomic E-state index is -0.174. The molecule has 23 heavy (non-hydrogen) atoms. The van der Waals surface area contributed by atoms with Crippen molar-refractivity contribution in [2.45, 2.75) is 78.2 Å². The molecule has 0 radical (unpaired) electrons. The van der Waals surface area contributed by atoms with Gasteiger partial charge in [0.1, 0.15) is 11.6 Å². The van der Waals surface area contributed by atoms with Gasteiger partial charge in [-0.05, 0) is 68.1 Å². The van der Waals surface area contributed by atoms with E-state index in [1.54, 1.807) is 6.92 Å². The fourth-order valence-electron chi connectivity index (χ4n) is 6.24. The third-order valence-electron chi connectivity index (χ3n) is 7.60. The van der Waals surface area contributed by atoms with Crippen LogP contribution >= 0.6 is 0 Å². The maximum atomic E-state index is 12.5. The standard InChI is InChI=1S/C20H32O3/c1-4-13-11-17-15-7-8-18(22)16(6-5-12(2)21)14(15)9-10-20(17,3)19(13)23/h13-17,19,23H,4-11H2,1-3H3/t13-,14-,15+,16?,17-,19-,20-/m0/s1. The molecule has 3 aliphatic carbocycles. The minimum absolute atomic E-state index is 0.0490. The van der Waals surface area contributed by atoms with E-state index in [-0.39, 0.29) is 23.2 Å². The lowest BCUT2D eigenvalue weighted by Crippen LogP contribution is -2.48. The summed E-state index contributed by atoms with van der Waals surface area (Å²) in [5, 5.41) is 10.8. The fourth-order valence-corrected chi connectivity index (χ4v) is 6.24. The molecule has 3 aliphatic rings. The summed E-state index contributed by atoms with van der Waals surface area (Å²) in [7, 11) is 0. The summed E-state index contributed by atoms with van der Waals surface area (Å²) in [5.74, 6) is 2.71. The minimum Gasteiger partial charge on any atom is -0.392 e. The maximum Gasteiger partial charge on any atom is 0.136 e. The average Bonchev–Trinajstić information content (AvgIpc) is 2.78. The Balaban J connectivity index is 1.80. The van der Waals surface area contributed by atoms with Gasteiger partial charge in [-0.2, -0.15) is 0 Å². The highest BCUT2D eigenvalue weighted by Crippen LogP contribution is 2.61. The first kappa shape index (κ1) is 17.1. The monoisotopic (exact) mass is 320 g/mol. The Hall–Kier alpha value is -0.700. The second-order valence-corrected chi connectivity index (χ2v) is 8.68. The molecule has 0 aromatic rings. The summed E-state index contributed by atoms with van der Waals surface area (Å²) in [6, 6.07) is 0. The van der Waals surface area contributed by atoms with Gasteiger partial charge in [-0.15, -0.1) is 0 Å². The van der Waals surface area contributed by atoms with E-state index in [1.807, 2.05) is 0 Å². The SMILES string of the molecule is CC[C@H]1C[C@H]2[C@@H]3CCC(=O)C(CCC(C)=O)[C@H]3CC[C@]2(C)[C@H]1O. The van der Waals surface area contributed by atoms with Gasteiger partial charge in [0.15, 0.2) is 0 Å². The van der Waals surface area contributed by atoms with Crippen LogP contribution in [0, 0.1) is 35.0 Å². The molecule has 1 unspecified atom stereocenters. The molecule has 3 rings (SSSR count). The van der Waals surface area contributed by atoms with Gasteiger partial charge >= 0.3 is 0 Å². The summed E-state index contributed by atoms with van der Waals surface area (Å²) in [4.78, 5) is 23.8. The predicted molar refractivity (Wildman–Crippen MR) is 89.9 cm³/mol. The average molecular weight is 320 g/mol. The zero-order valence-corrected chi connectivity index (χ0v) is 14.9. The normalized spacial score (nSPS) is 46.3. The number of aliphatic hydroxyl groups is 1. The third kappa shape index (κ3) is 2.79. The van der Waals surface area contributed by atoms with Crippen LogP contribution in [0.4, 0.5) is 0 Å². The molecule has 0 amide bonds. The topological polar surface area (TPSA) is 54.4 Å². The van der Waals surface area contributed by atoms with Crippen LogP contribution in [-0.4, -0.2) is 22.8 Å². The number of aliphatic hydroxyl groups excluding tert-OH is 1. The molecule has 0 saturated heterocycles. The van der Waals surface area contributed by atoms with Crippen molar-refractivity contribution in [1.82, 2.24) is 0 Å². The van der Waals surface area contributed by atoms with Gasteiger partial charge in [-0.25, -0.2) is 0 Å². The number of carbonyl (C=O) groups excluding carboxylic acids is 2. The summed E-state index contributed by atoms with van der Waals surface area (Å²) in [6.45, 7) is 6.10. The van der Waals surface area contributed by atoms with Crippen LogP contribution in [0.3, 0.4) is 0 Å². The Kier molecular flexibility index (Phi) is 4.70. The van der Waals surface area contributed by atoms with Gasteiger partial charge in [0.25, 0.3) is 0 Å². The van der Waals surface area contributed by atoms with E-state index in [0.717, 1.165) is 38.5 Å². The molecule has 0 heterocycles. The lowest BCUT2D eigenvalue weighted by Gasteiger charge is -2.51. The molecule has 130 valence electrons. The van der Waals surface area contributed by atoms with E-state index in [2.05, 4.69) is 13.8 Å². The highest BCUT2D eigenvalue weighted by molar-refractivity contribution is 5.83. The number of hydrogen-bond acceptors (Lipinski definition) is 3. The van der Waals surface area contributed by atoms with Crippen LogP contribution in [0.15, 0.2) is 0 Å². The molecule has 3 nitrogen and oxygen atoms in total. The van der Waals surface area contributed by atoms with Crippen LogP contribution in [0.1, 0.15) is 72.1 Å². The van der Waals surface area contributed by atoms with Crippen molar-refractivity contribution in [2.75, 3.05) is 0 Å². The molecule has 3 saturated carbocycles. The Morgan fingerprint density at radius 3 is 2.70 bits per heavy atom. The van der Waals surface area contributed by atoms with Crippen LogP contribution in [0.5, 0.6) is 0 Å². The Morgan fingerprint density at radius 2 is 2.04 bits per heavy atom. The molecule has 1 N–H and O–H groups in total. The van der Waals surface area contributed by atoms with E-state index >= 15 is 0 Å². The van der Waals surface area contributed by atoms with E-state index < -0.39 is 0 Å². The summed E-state index contributed by atoms with van der Waals surface area (Å²) in [5.41, 5.74) is 0.0490. The second-order valence-electron chi connectivity index (χ2n) is 8.68. The molecule has 0 aromatic heterocycles. The Bertz CT molecular complexity index is 485. The van der Waals surface area contributed by atoms with E-state index in [4.69, 9.17) is 0 Å². The van der Waals surface area contributed by atoms with Crippen molar-refractivity contribution in [3.8, 4) is 0 Å². The van der Waals surface area contributed by atoms with Crippen LogP contribution in [0.2, 0.25) is 0 Å². The lowest BCUT2D eigenvalue weighted by molar-refractivity contribution is -0.135. The molecule has 7 atom stereocenters. The molecule has 3 heteroatoms. The zero-order valence-electron chi connectivity index (χ0n) is 14.9. The number of carbonyl (C=O) groups is 2. The molecule has 0 aliphatic heterocycles. The molecular formula is C20H32O3. The second kappa shape index (κ2) is 6.31. The quantitative estimate of drug-likeness (QED) is 0.858. The summed E-state index contributed by atoms with van der Waals surface area (Å²) in [6.07, 6.45) is 7.08. The Labute approximate surface area is 140 Å². The van der Waals surface area contributed by atoms with Crippen molar-refractivity contribution in [1.29, 1.82) is 0 Å². The fraction of sp³-hybridized carbons (Fsp3) is 0.900. The third-order valence-corrected chi connectivity index (χ3v) is 7.60. The number of fused-ring (bicyclic) bond motifs is 3. The van der Waals surface area contributed by atoms with Crippen molar-refractivity contribution < 1.29 is 14.7 Å². The van der Waals surface area contributed by atoms with Gasteiger partial charge in [-0.3, -0.25) is 4.79 Å². The number of Topliss-reactive ketones (excluding diaryl/α,β-unsaturated/α-hetero) is 2. The van der Waals surface area contributed by atoms with Gasteiger partial charge in [0.2, 0.25) is 0 Å². The zero-order chi connectivity index (χ0) is 16.8. The van der Waals surface area contributed by atoms with Gasteiger partial charge in [0.05, 0.1) is 6.10 Å². The molecule has 3 fully saturated rings.